The first kappa shape index (κ1) is 25.8. The van der Waals surface area contributed by atoms with Crippen molar-refractivity contribution >= 4 is 28.6 Å². The summed E-state index contributed by atoms with van der Waals surface area (Å²) in [5, 5.41) is 7.09. The van der Waals surface area contributed by atoms with E-state index < -0.39 is 18.1 Å². The molecule has 3 N–H and O–H groups in total. The monoisotopic (exact) mass is 554 g/mol. The molecule has 208 valence electrons. The van der Waals surface area contributed by atoms with Crippen LogP contribution in [0.5, 0.6) is 0 Å². The molecule has 0 saturated carbocycles. The average Bonchev–Trinajstić information content (AvgIpc) is 3.55. The maximum atomic E-state index is 14.2. The van der Waals surface area contributed by atoms with Gasteiger partial charge in [0.1, 0.15) is 12.1 Å². The van der Waals surface area contributed by atoms with Gasteiger partial charge in [-0.3, -0.25) is 14.4 Å². The largest absolute Gasteiger partial charge is 0.356 e. The van der Waals surface area contributed by atoms with E-state index in [4.69, 9.17) is 0 Å². The third-order valence-electron chi connectivity index (χ3n) is 8.38. The Morgan fingerprint density at radius 3 is 2.29 bits per heavy atom. The summed E-state index contributed by atoms with van der Waals surface area (Å²) in [6.07, 6.45) is 0.682. The number of rotatable bonds is 7. The normalized spacial score (nSPS) is 17.7. The first-order valence-corrected chi connectivity index (χ1v) is 14.3. The zero-order valence-corrected chi connectivity index (χ0v) is 22.9. The van der Waals surface area contributed by atoms with Crippen molar-refractivity contribution in [2.24, 2.45) is 0 Å². The van der Waals surface area contributed by atoms with Gasteiger partial charge < -0.3 is 20.5 Å². The van der Waals surface area contributed by atoms with Gasteiger partial charge >= 0.3 is 0 Å². The van der Waals surface area contributed by atoms with E-state index in [1.165, 1.54) is 0 Å². The van der Waals surface area contributed by atoms with Crippen LogP contribution in [0.3, 0.4) is 0 Å². The van der Waals surface area contributed by atoms with E-state index in [1.807, 2.05) is 109 Å². The molecule has 0 fully saturated rings. The lowest BCUT2D eigenvalue weighted by atomic mass is 9.89. The van der Waals surface area contributed by atoms with E-state index in [2.05, 4.69) is 15.6 Å². The zero-order chi connectivity index (χ0) is 28.6. The third kappa shape index (κ3) is 4.53. The second-order valence-corrected chi connectivity index (χ2v) is 10.9. The third-order valence-corrected chi connectivity index (χ3v) is 8.38. The molecule has 7 nitrogen and oxygen atoms in total. The summed E-state index contributed by atoms with van der Waals surface area (Å²) in [6, 6.07) is 32.9. The van der Waals surface area contributed by atoms with Crippen LogP contribution in [0.25, 0.3) is 10.9 Å². The van der Waals surface area contributed by atoms with E-state index in [9.17, 15) is 14.4 Å². The minimum Gasteiger partial charge on any atom is -0.356 e. The zero-order valence-electron chi connectivity index (χ0n) is 22.9. The molecule has 4 aromatic carbocycles. The Morgan fingerprint density at radius 2 is 1.50 bits per heavy atom. The molecule has 3 heterocycles. The van der Waals surface area contributed by atoms with Crippen molar-refractivity contribution in [2.75, 3.05) is 0 Å². The summed E-state index contributed by atoms with van der Waals surface area (Å²) in [4.78, 5) is 46.7. The predicted molar refractivity (Wildman–Crippen MR) is 161 cm³/mol. The summed E-state index contributed by atoms with van der Waals surface area (Å²) < 4.78 is 0. The van der Waals surface area contributed by atoms with Crippen molar-refractivity contribution in [2.45, 2.75) is 37.5 Å². The van der Waals surface area contributed by atoms with Gasteiger partial charge in [0.25, 0.3) is 5.91 Å². The van der Waals surface area contributed by atoms with Crippen LogP contribution in [0.2, 0.25) is 0 Å². The summed E-state index contributed by atoms with van der Waals surface area (Å²) in [6.45, 7) is 0.352. The van der Waals surface area contributed by atoms with E-state index in [0.717, 1.165) is 38.9 Å². The number of fused-ring (bicyclic) bond motifs is 7. The van der Waals surface area contributed by atoms with E-state index in [-0.39, 0.29) is 17.7 Å². The van der Waals surface area contributed by atoms with E-state index in [1.54, 1.807) is 4.90 Å². The Kier molecular flexibility index (Phi) is 6.55. The Labute approximate surface area is 243 Å². The number of hydrogen-bond acceptors (Lipinski definition) is 3. The van der Waals surface area contributed by atoms with Crippen LogP contribution >= 0.6 is 0 Å². The quantitative estimate of drug-likeness (QED) is 0.273. The maximum Gasteiger partial charge on any atom is 0.255 e. The number of aromatic amines is 1. The molecule has 1 aromatic heterocycles. The number of nitrogens with zero attached hydrogens (tertiary/aromatic N) is 1. The summed E-state index contributed by atoms with van der Waals surface area (Å²) >= 11 is 0. The lowest BCUT2D eigenvalue weighted by molar-refractivity contribution is -0.132. The predicted octanol–water partition coefficient (Wildman–Crippen LogP) is 4.68. The van der Waals surface area contributed by atoms with Gasteiger partial charge in [0.15, 0.2) is 0 Å². The first-order chi connectivity index (χ1) is 20.6. The van der Waals surface area contributed by atoms with Gasteiger partial charge in [-0.05, 0) is 34.4 Å². The van der Waals surface area contributed by atoms with Crippen molar-refractivity contribution in [3.05, 3.63) is 143 Å². The van der Waals surface area contributed by atoms with Gasteiger partial charge in [0.05, 0.1) is 6.04 Å². The minimum absolute atomic E-state index is 0.173. The number of para-hydroxylation sites is 1. The van der Waals surface area contributed by atoms with Gasteiger partial charge in [0.2, 0.25) is 11.8 Å². The highest BCUT2D eigenvalue weighted by Gasteiger charge is 2.49. The second kappa shape index (κ2) is 10.7. The molecule has 0 saturated heterocycles. The molecule has 3 amide bonds. The molecule has 5 aromatic rings. The van der Waals surface area contributed by atoms with Crippen molar-refractivity contribution < 1.29 is 14.4 Å². The fourth-order valence-corrected chi connectivity index (χ4v) is 6.37. The van der Waals surface area contributed by atoms with Crippen molar-refractivity contribution in [3.8, 4) is 0 Å². The van der Waals surface area contributed by atoms with Crippen molar-refractivity contribution in [1.29, 1.82) is 0 Å². The molecule has 0 aliphatic carbocycles. The number of amides is 3. The Balaban J connectivity index is 1.22. The molecule has 2 aliphatic rings. The highest BCUT2D eigenvalue weighted by Crippen LogP contribution is 2.46. The lowest BCUT2D eigenvalue weighted by Crippen LogP contribution is -2.57. The number of carbonyl (C=O) groups excluding carboxylic acids is 3. The molecule has 42 heavy (non-hydrogen) atoms. The fraction of sp³-hybridized carbons (Fsp3) is 0.171. The molecule has 0 spiro atoms. The summed E-state index contributed by atoms with van der Waals surface area (Å²) in [5.74, 6) is -0.784. The van der Waals surface area contributed by atoms with Gasteiger partial charge in [-0.15, -0.1) is 0 Å². The van der Waals surface area contributed by atoms with Crippen molar-refractivity contribution in [3.63, 3.8) is 0 Å². The highest BCUT2D eigenvalue weighted by atomic mass is 16.2. The SMILES string of the molecule is O=C(NCc1ccccc1)C(Cc1ccccc1)NC(=O)C1Cc2c([nH]c3ccccc23)C2c3ccccc3C(=O)N12. The molecule has 0 radical (unpaired) electrons. The summed E-state index contributed by atoms with van der Waals surface area (Å²) in [5.41, 5.74) is 6.34. The topological polar surface area (TPSA) is 94.3 Å². The second-order valence-electron chi connectivity index (χ2n) is 10.9. The molecule has 2 aliphatic heterocycles. The number of aromatic nitrogens is 1. The Hall–Kier alpha value is -5.17. The molecule has 7 heteroatoms. The Bertz CT molecular complexity index is 1800. The van der Waals surface area contributed by atoms with Crippen LogP contribution in [0.1, 0.15) is 44.3 Å². The fourth-order valence-electron chi connectivity index (χ4n) is 6.37. The number of carbonyl (C=O) groups is 3. The van der Waals surface area contributed by atoms with Gasteiger partial charge in [-0.25, -0.2) is 0 Å². The van der Waals surface area contributed by atoms with Crippen LogP contribution in [-0.2, 0) is 29.0 Å². The number of hydrogen-bond donors (Lipinski definition) is 3. The smallest absolute Gasteiger partial charge is 0.255 e. The number of nitrogens with one attached hydrogen (secondary N) is 3. The van der Waals surface area contributed by atoms with Crippen LogP contribution < -0.4 is 10.6 Å². The van der Waals surface area contributed by atoms with Crippen LogP contribution in [-0.4, -0.2) is 39.7 Å². The molecule has 0 bridgehead atoms. The Morgan fingerprint density at radius 1 is 0.833 bits per heavy atom. The van der Waals surface area contributed by atoms with Crippen LogP contribution in [0, 0.1) is 0 Å². The van der Waals surface area contributed by atoms with Gasteiger partial charge in [-0.2, -0.15) is 0 Å². The standard InChI is InChI=1S/C35H30N4O3/c40-33(36-21-23-13-5-2-6-14-23)29(19-22-11-3-1-4-12-22)38-34(41)30-20-27-24-15-9-10-18-28(24)37-31(27)32-25-16-7-8-17-26(25)35(42)39(30)32/h1-18,29-30,32,37H,19-21H2,(H,36,40)(H,38,41). The van der Waals surface area contributed by atoms with Crippen LogP contribution in [0.4, 0.5) is 0 Å². The molecular formula is C35H30N4O3. The summed E-state index contributed by atoms with van der Waals surface area (Å²) in [7, 11) is 0. The molecule has 7 rings (SSSR count). The number of H-pyrrole nitrogens is 1. The lowest BCUT2D eigenvalue weighted by Gasteiger charge is -2.37. The first-order valence-electron chi connectivity index (χ1n) is 14.3. The maximum absolute atomic E-state index is 14.2. The number of benzene rings is 4. The molecular weight excluding hydrogens is 524 g/mol. The van der Waals surface area contributed by atoms with E-state index >= 15 is 0 Å². The average molecular weight is 555 g/mol. The van der Waals surface area contributed by atoms with Crippen LogP contribution in [0.15, 0.2) is 109 Å². The minimum atomic E-state index is -0.813. The highest BCUT2D eigenvalue weighted by molar-refractivity contribution is 6.04. The van der Waals surface area contributed by atoms with Gasteiger partial charge in [0, 0.05) is 41.5 Å². The molecule has 3 atom stereocenters. The van der Waals surface area contributed by atoms with Gasteiger partial charge in [-0.1, -0.05) is 97.1 Å². The van der Waals surface area contributed by atoms with E-state index in [0.29, 0.717) is 24.9 Å². The molecule has 3 unspecified atom stereocenters. The van der Waals surface area contributed by atoms with Crippen molar-refractivity contribution in [1.82, 2.24) is 20.5 Å².